The number of nitrogens with one attached hydrogen (secondary N) is 1. The van der Waals surface area contributed by atoms with Gasteiger partial charge in [0.25, 0.3) is 5.91 Å². The van der Waals surface area contributed by atoms with E-state index in [-0.39, 0.29) is 30.6 Å². The number of carbonyl (C=O) groups excluding carboxylic acids is 1. The number of nitrogen functional groups attached to an aromatic ring is 2. The van der Waals surface area contributed by atoms with Crippen molar-refractivity contribution in [2.45, 2.75) is 56.9 Å². The Labute approximate surface area is 182 Å². The molecule has 1 amide bonds. The van der Waals surface area contributed by atoms with Crippen molar-refractivity contribution in [2.75, 3.05) is 11.5 Å². The van der Waals surface area contributed by atoms with Crippen LogP contribution in [0.2, 0.25) is 0 Å². The largest absolute Gasteiger partial charge is 0.481 e. The lowest BCUT2D eigenvalue weighted by Crippen LogP contribution is -2.40. The van der Waals surface area contributed by atoms with Crippen LogP contribution < -0.4 is 16.8 Å². The number of aromatic nitrogens is 2. The number of rotatable bonds is 9. The van der Waals surface area contributed by atoms with Gasteiger partial charge in [-0.2, -0.15) is 4.98 Å². The number of fused-ring (bicyclic) bond motifs is 1. The van der Waals surface area contributed by atoms with E-state index in [0.29, 0.717) is 10.7 Å². The average Bonchev–Trinajstić information content (AvgIpc) is 3.32. The maximum atomic E-state index is 12.5. The summed E-state index contributed by atoms with van der Waals surface area (Å²) >= 11 is 1.29. The first-order chi connectivity index (χ1) is 14.7. The Morgan fingerprint density at radius 2 is 2.00 bits per heavy atom. The predicted octanol–water partition coefficient (Wildman–Crippen LogP) is 1.97. The molecule has 7 N–H and O–H groups in total. The number of hydrogen-bond acceptors (Lipinski definition) is 8. The first-order valence-corrected chi connectivity index (χ1v) is 10.7. The van der Waals surface area contributed by atoms with E-state index in [1.54, 1.807) is 6.07 Å². The summed E-state index contributed by atoms with van der Waals surface area (Å²) in [5, 5.41) is 20.4. The highest BCUT2D eigenvalue weighted by Gasteiger charge is 2.30. The lowest BCUT2D eigenvalue weighted by molar-refractivity contribution is -0.140. The zero-order chi connectivity index (χ0) is 22.7. The van der Waals surface area contributed by atoms with E-state index in [2.05, 4.69) is 22.2 Å². The number of aryl methyl sites for hydroxylation is 1. The normalized spacial score (nSPS) is 17.0. The molecule has 2 unspecified atom stereocenters. The molecule has 0 aliphatic heterocycles. The van der Waals surface area contributed by atoms with Crippen LogP contribution in [0.1, 0.15) is 70.2 Å². The standard InChI is InChI=1S/C20H25N5O5S/c1-9(8-10-2-3-11-16(10)17(21)25-20(22)24-11)13-5-6-14(31-13)18(28)23-12(19(29)30)4-7-15(26)27/h5-6,9-10,12H,2-4,7-8H2,1H3,(H,23,28)(H,26,27)(H,29,30)(H4,21,22,24,25)/t9?,10?,12-/m0/s1. The highest BCUT2D eigenvalue weighted by Crippen LogP contribution is 2.42. The van der Waals surface area contributed by atoms with Gasteiger partial charge in [-0.15, -0.1) is 11.3 Å². The highest BCUT2D eigenvalue weighted by molar-refractivity contribution is 7.14. The lowest BCUT2D eigenvalue weighted by Gasteiger charge is -2.17. The number of aliphatic carboxylic acids is 2. The average molecular weight is 448 g/mol. The van der Waals surface area contributed by atoms with E-state index in [1.807, 2.05) is 6.07 Å². The molecule has 3 rings (SSSR count). The summed E-state index contributed by atoms with van der Waals surface area (Å²) in [6.45, 7) is 2.06. The van der Waals surface area contributed by atoms with Crippen LogP contribution in [0.5, 0.6) is 0 Å². The van der Waals surface area contributed by atoms with Crippen LogP contribution in [-0.4, -0.2) is 44.1 Å². The Balaban J connectivity index is 1.65. The van der Waals surface area contributed by atoms with Crippen molar-refractivity contribution < 1.29 is 24.6 Å². The number of carboxylic acids is 2. The van der Waals surface area contributed by atoms with E-state index >= 15 is 0 Å². The molecule has 31 heavy (non-hydrogen) atoms. The molecule has 0 bridgehead atoms. The van der Waals surface area contributed by atoms with Crippen LogP contribution >= 0.6 is 11.3 Å². The molecule has 0 aromatic carbocycles. The fourth-order valence-corrected chi connectivity index (χ4v) is 4.89. The van der Waals surface area contributed by atoms with Gasteiger partial charge in [0.2, 0.25) is 5.95 Å². The van der Waals surface area contributed by atoms with Crippen molar-refractivity contribution in [3.8, 4) is 0 Å². The van der Waals surface area contributed by atoms with Gasteiger partial charge in [-0.1, -0.05) is 6.92 Å². The molecular formula is C20H25N5O5S. The Hall–Kier alpha value is -3.21. The van der Waals surface area contributed by atoms with Gasteiger partial charge in [0.1, 0.15) is 11.9 Å². The third-order valence-electron chi connectivity index (χ3n) is 5.43. The highest BCUT2D eigenvalue weighted by atomic mass is 32.1. The van der Waals surface area contributed by atoms with Crippen molar-refractivity contribution in [1.82, 2.24) is 15.3 Å². The molecular weight excluding hydrogens is 422 g/mol. The van der Waals surface area contributed by atoms with Crippen LogP contribution in [0.25, 0.3) is 0 Å². The Morgan fingerprint density at radius 1 is 1.26 bits per heavy atom. The van der Waals surface area contributed by atoms with Crippen molar-refractivity contribution in [3.05, 3.63) is 33.1 Å². The quantitative estimate of drug-likeness (QED) is 0.384. The molecule has 10 nitrogen and oxygen atoms in total. The number of hydrogen-bond donors (Lipinski definition) is 5. The zero-order valence-electron chi connectivity index (χ0n) is 17.0. The number of anilines is 2. The molecule has 0 saturated heterocycles. The van der Waals surface area contributed by atoms with E-state index in [4.69, 9.17) is 16.6 Å². The number of carbonyl (C=O) groups is 3. The molecule has 2 aromatic rings. The van der Waals surface area contributed by atoms with Gasteiger partial charge in [0.15, 0.2) is 0 Å². The molecule has 11 heteroatoms. The second-order valence-electron chi connectivity index (χ2n) is 7.70. The van der Waals surface area contributed by atoms with Crippen LogP contribution in [0, 0.1) is 0 Å². The first kappa shape index (κ1) is 22.5. The third kappa shape index (κ3) is 5.29. The van der Waals surface area contributed by atoms with E-state index in [0.717, 1.165) is 35.4 Å². The van der Waals surface area contributed by atoms with Crippen molar-refractivity contribution in [1.29, 1.82) is 0 Å². The minimum Gasteiger partial charge on any atom is -0.481 e. The smallest absolute Gasteiger partial charge is 0.326 e. The monoisotopic (exact) mass is 447 g/mol. The fraction of sp³-hybridized carbons (Fsp3) is 0.450. The van der Waals surface area contributed by atoms with Crippen LogP contribution in [0.15, 0.2) is 12.1 Å². The summed E-state index contributed by atoms with van der Waals surface area (Å²) in [5.74, 6) is -1.96. The number of nitrogens with zero attached hydrogens (tertiary/aromatic N) is 2. The van der Waals surface area contributed by atoms with E-state index in [9.17, 15) is 19.5 Å². The zero-order valence-corrected chi connectivity index (χ0v) is 17.8. The number of nitrogens with two attached hydrogens (primary N) is 2. The van der Waals surface area contributed by atoms with Gasteiger partial charge >= 0.3 is 11.9 Å². The molecule has 2 heterocycles. The second-order valence-corrected chi connectivity index (χ2v) is 8.81. The van der Waals surface area contributed by atoms with Crippen LogP contribution in [0.3, 0.4) is 0 Å². The molecule has 1 aliphatic rings. The summed E-state index contributed by atoms with van der Waals surface area (Å²) in [6, 6.07) is 2.26. The van der Waals surface area contributed by atoms with E-state index < -0.39 is 23.9 Å². The topological polar surface area (TPSA) is 182 Å². The number of amides is 1. The van der Waals surface area contributed by atoms with Crippen LogP contribution in [-0.2, 0) is 16.0 Å². The van der Waals surface area contributed by atoms with Gasteiger partial charge in [0, 0.05) is 16.9 Å². The first-order valence-electron chi connectivity index (χ1n) is 9.92. The van der Waals surface area contributed by atoms with Gasteiger partial charge in [-0.05, 0) is 49.7 Å². The SMILES string of the molecule is CC(CC1CCc2nc(N)nc(N)c21)c1ccc(C(=O)N[C@@H](CCC(=O)O)C(=O)O)s1. The third-order valence-corrected chi connectivity index (χ3v) is 6.75. The summed E-state index contributed by atoms with van der Waals surface area (Å²) in [4.78, 5) is 44.2. The molecule has 0 saturated carbocycles. The minimum atomic E-state index is -1.26. The van der Waals surface area contributed by atoms with Crippen LogP contribution in [0.4, 0.5) is 11.8 Å². The number of carboxylic acid groups (broad SMARTS) is 2. The molecule has 1 aliphatic carbocycles. The van der Waals surface area contributed by atoms with Gasteiger partial charge in [0.05, 0.1) is 10.6 Å². The molecule has 0 spiro atoms. The van der Waals surface area contributed by atoms with Gasteiger partial charge in [-0.25, -0.2) is 9.78 Å². The maximum Gasteiger partial charge on any atom is 0.326 e. The van der Waals surface area contributed by atoms with Gasteiger partial charge < -0.3 is 27.0 Å². The minimum absolute atomic E-state index is 0.140. The molecule has 3 atom stereocenters. The Bertz CT molecular complexity index is 1010. The Morgan fingerprint density at radius 3 is 2.68 bits per heavy atom. The summed E-state index contributed by atoms with van der Waals surface area (Å²) in [6.07, 6.45) is 1.99. The molecule has 166 valence electrons. The number of thiophene rings is 1. The summed E-state index contributed by atoms with van der Waals surface area (Å²) in [7, 11) is 0. The van der Waals surface area contributed by atoms with Gasteiger partial charge in [-0.3, -0.25) is 9.59 Å². The van der Waals surface area contributed by atoms with E-state index in [1.165, 1.54) is 11.3 Å². The van der Waals surface area contributed by atoms with Crippen molar-refractivity contribution >= 4 is 40.9 Å². The Kier molecular flexibility index (Phi) is 6.74. The molecule has 0 radical (unpaired) electrons. The molecule has 0 fully saturated rings. The lowest BCUT2D eigenvalue weighted by atomic mass is 9.90. The van der Waals surface area contributed by atoms with Crippen molar-refractivity contribution in [3.63, 3.8) is 0 Å². The summed E-state index contributed by atoms with van der Waals surface area (Å²) < 4.78 is 0. The molecule has 2 aromatic heterocycles. The second kappa shape index (κ2) is 9.29. The summed E-state index contributed by atoms with van der Waals surface area (Å²) in [5.41, 5.74) is 13.6. The predicted molar refractivity (Wildman–Crippen MR) is 115 cm³/mol. The van der Waals surface area contributed by atoms with Crippen molar-refractivity contribution in [2.24, 2.45) is 0 Å². The maximum absolute atomic E-state index is 12.5. The fourth-order valence-electron chi connectivity index (χ4n) is 3.92.